The van der Waals surface area contributed by atoms with Crippen LogP contribution in [0.1, 0.15) is 11.1 Å². The summed E-state index contributed by atoms with van der Waals surface area (Å²) < 4.78 is 34.1. The summed E-state index contributed by atoms with van der Waals surface area (Å²) in [6.45, 7) is 1.18. The molecule has 33 heavy (non-hydrogen) atoms. The Labute approximate surface area is 245 Å². The summed E-state index contributed by atoms with van der Waals surface area (Å²) in [4.78, 5) is 11.0. The van der Waals surface area contributed by atoms with Gasteiger partial charge in [-0.2, -0.15) is 0 Å². The molecule has 0 saturated carbocycles. The Balaban J connectivity index is 1.59. The average Bonchev–Trinajstić information content (AvgIpc) is 2.73. The second-order valence-corrected chi connectivity index (χ2v) is 11.5. The number of rotatable bonds is 10. The molecule has 3 aromatic rings. The molecule has 0 amide bonds. The molecule has 0 fully saturated rings. The van der Waals surface area contributed by atoms with Crippen LogP contribution >= 0.6 is 90.4 Å². The van der Waals surface area contributed by atoms with Gasteiger partial charge in [-0.15, -0.1) is 0 Å². The SMILES string of the molecule is O=C(O)Cc1cc(I)c(Oc2cc(I)c(OCCOCc3ccc(F)cc3)c(I)c2)c(I)c1. The molecule has 0 aliphatic rings. The molecule has 0 spiro atoms. The first-order valence-corrected chi connectivity index (χ1v) is 13.9. The van der Waals surface area contributed by atoms with Crippen LogP contribution in [-0.4, -0.2) is 24.3 Å². The van der Waals surface area contributed by atoms with Crippen molar-refractivity contribution < 1.29 is 28.5 Å². The fourth-order valence-corrected chi connectivity index (χ4v) is 6.95. The second-order valence-electron chi connectivity index (χ2n) is 6.80. The summed E-state index contributed by atoms with van der Waals surface area (Å²) >= 11 is 8.73. The van der Waals surface area contributed by atoms with Crippen LogP contribution in [-0.2, 0) is 22.6 Å². The van der Waals surface area contributed by atoms with Crippen molar-refractivity contribution >= 4 is 96.3 Å². The molecule has 0 aromatic heterocycles. The van der Waals surface area contributed by atoms with Gasteiger partial charge in [-0.1, -0.05) is 12.1 Å². The highest BCUT2D eigenvalue weighted by Crippen LogP contribution is 2.37. The quantitative estimate of drug-likeness (QED) is 0.172. The second kappa shape index (κ2) is 13.0. The standard InChI is InChI=1S/C23H17FI4O5/c24-15-3-1-13(2-4-15)12-31-5-6-32-22-19(27)10-16(11-20(22)28)33-23-17(25)7-14(8-18(23)26)9-21(29)30/h1-4,7-8,10-11H,5-6,9,12H2,(H,29,30). The Kier molecular flexibility index (Phi) is 10.7. The van der Waals surface area contributed by atoms with Crippen molar-refractivity contribution in [2.24, 2.45) is 0 Å². The van der Waals surface area contributed by atoms with Crippen molar-refractivity contribution in [1.82, 2.24) is 0 Å². The van der Waals surface area contributed by atoms with E-state index < -0.39 is 5.97 Å². The number of ether oxygens (including phenoxy) is 3. The lowest BCUT2D eigenvalue weighted by molar-refractivity contribution is -0.136. The summed E-state index contributed by atoms with van der Waals surface area (Å²) in [7, 11) is 0. The molecule has 0 atom stereocenters. The largest absolute Gasteiger partial charge is 0.489 e. The van der Waals surface area contributed by atoms with Gasteiger partial charge in [-0.25, -0.2) is 4.39 Å². The normalized spacial score (nSPS) is 10.8. The first-order chi connectivity index (χ1) is 15.7. The lowest BCUT2D eigenvalue weighted by Crippen LogP contribution is -2.08. The Morgan fingerprint density at radius 2 is 1.39 bits per heavy atom. The van der Waals surface area contributed by atoms with Crippen LogP contribution in [0.25, 0.3) is 0 Å². The molecule has 3 aromatic carbocycles. The predicted molar refractivity (Wildman–Crippen MR) is 157 cm³/mol. The van der Waals surface area contributed by atoms with Crippen LogP contribution in [0.4, 0.5) is 4.39 Å². The van der Waals surface area contributed by atoms with Gasteiger partial charge in [0.25, 0.3) is 0 Å². The van der Waals surface area contributed by atoms with Crippen LogP contribution in [0.15, 0.2) is 48.5 Å². The van der Waals surface area contributed by atoms with Gasteiger partial charge >= 0.3 is 5.97 Å². The first kappa shape index (κ1) is 27.1. The number of benzene rings is 3. The number of hydrogen-bond acceptors (Lipinski definition) is 4. The van der Waals surface area contributed by atoms with Gasteiger partial charge in [0, 0.05) is 0 Å². The van der Waals surface area contributed by atoms with E-state index in [4.69, 9.17) is 19.3 Å². The maximum Gasteiger partial charge on any atom is 0.307 e. The van der Waals surface area contributed by atoms with E-state index >= 15 is 0 Å². The number of carboxylic acids is 1. The van der Waals surface area contributed by atoms with E-state index in [0.717, 1.165) is 31.2 Å². The van der Waals surface area contributed by atoms with E-state index in [1.807, 2.05) is 24.3 Å². The van der Waals surface area contributed by atoms with Gasteiger partial charge in [0.05, 0.1) is 33.9 Å². The highest BCUT2D eigenvalue weighted by atomic mass is 127. The first-order valence-electron chi connectivity index (χ1n) is 9.54. The molecule has 0 heterocycles. The van der Waals surface area contributed by atoms with Gasteiger partial charge in [0.1, 0.15) is 23.9 Å². The van der Waals surface area contributed by atoms with E-state index in [0.29, 0.717) is 31.3 Å². The fraction of sp³-hybridized carbons (Fsp3) is 0.174. The minimum absolute atomic E-state index is 0.0261. The smallest absolute Gasteiger partial charge is 0.307 e. The molecule has 0 bridgehead atoms. The molecular formula is C23H17FI4O5. The average molecular weight is 900 g/mol. The van der Waals surface area contributed by atoms with Gasteiger partial charge in [0.15, 0.2) is 5.75 Å². The fourth-order valence-electron chi connectivity index (χ4n) is 2.81. The van der Waals surface area contributed by atoms with Gasteiger partial charge in [-0.05, 0) is 138 Å². The van der Waals surface area contributed by atoms with Crippen molar-refractivity contribution in [1.29, 1.82) is 0 Å². The highest BCUT2D eigenvalue weighted by molar-refractivity contribution is 14.1. The van der Waals surface area contributed by atoms with Crippen LogP contribution < -0.4 is 9.47 Å². The van der Waals surface area contributed by atoms with Gasteiger partial charge < -0.3 is 19.3 Å². The maximum absolute atomic E-state index is 12.9. The van der Waals surface area contributed by atoms with Crippen molar-refractivity contribution in [2.45, 2.75) is 13.0 Å². The third kappa shape index (κ3) is 8.31. The van der Waals surface area contributed by atoms with Crippen molar-refractivity contribution in [3.63, 3.8) is 0 Å². The minimum Gasteiger partial charge on any atom is -0.489 e. The van der Waals surface area contributed by atoms with Crippen LogP contribution in [0.5, 0.6) is 17.2 Å². The van der Waals surface area contributed by atoms with Gasteiger partial charge in [0.2, 0.25) is 0 Å². The molecule has 0 unspecified atom stereocenters. The Bertz CT molecular complexity index is 1090. The predicted octanol–water partition coefficient (Wildman–Crippen LogP) is 7.26. The van der Waals surface area contributed by atoms with E-state index in [9.17, 15) is 9.18 Å². The molecule has 10 heteroatoms. The van der Waals surface area contributed by atoms with Crippen LogP contribution in [0.3, 0.4) is 0 Å². The number of aliphatic carboxylic acids is 1. The number of carboxylic acid groups (broad SMARTS) is 1. The monoisotopic (exact) mass is 900 g/mol. The van der Waals surface area contributed by atoms with Crippen molar-refractivity contribution in [2.75, 3.05) is 13.2 Å². The zero-order chi connectivity index (χ0) is 24.0. The van der Waals surface area contributed by atoms with Crippen LogP contribution in [0.2, 0.25) is 0 Å². The van der Waals surface area contributed by atoms with Crippen LogP contribution in [0, 0.1) is 20.1 Å². The summed E-state index contributed by atoms with van der Waals surface area (Å²) in [6.07, 6.45) is -0.0261. The molecule has 0 radical (unpaired) electrons. The summed E-state index contributed by atoms with van der Waals surface area (Å²) in [5.41, 5.74) is 1.64. The molecule has 3 rings (SSSR count). The zero-order valence-electron chi connectivity index (χ0n) is 16.9. The summed E-state index contributed by atoms with van der Waals surface area (Å²) in [6, 6.07) is 13.7. The molecule has 174 valence electrons. The molecule has 0 aliphatic carbocycles. The minimum atomic E-state index is -0.865. The maximum atomic E-state index is 12.9. The van der Waals surface area contributed by atoms with E-state index in [-0.39, 0.29) is 12.2 Å². The Morgan fingerprint density at radius 1 is 0.818 bits per heavy atom. The number of carbonyl (C=O) groups is 1. The third-order valence-electron chi connectivity index (χ3n) is 4.26. The zero-order valence-corrected chi connectivity index (χ0v) is 25.5. The Hall–Kier alpha value is -0.460. The molecule has 5 nitrogen and oxygen atoms in total. The Morgan fingerprint density at radius 3 is 1.97 bits per heavy atom. The molecule has 0 saturated heterocycles. The molecule has 1 N–H and O–H groups in total. The number of hydrogen-bond donors (Lipinski definition) is 1. The summed E-state index contributed by atoms with van der Waals surface area (Å²) in [5, 5.41) is 9.02. The topological polar surface area (TPSA) is 65.0 Å². The van der Waals surface area contributed by atoms with Crippen molar-refractivity contribution in [3.8, 4) is 17.2 Å². The number of halogens is 5. The molecular weight excluding hydrogens is 883 g/mol. The third-order valence-corrected chi connectivity index (χ3v) is 7.47. The van der Waals surface area contributed by atoms with Gasteiger partial charge in [-0.3, -0.25) is 4.79 Å². The van der Waals surface area contributed by atoms with E-state index in [1.165, 1.54) is 12.1 Å². The van der Waals surface area contributed by atoms with E-state index in [2.05, 4.69) is 90.4 Å². The van der Waals surface area contributed by atoms with E-state index in [1.54, 1.807) is 12.1 Å². The lowest BCUT2D eigenvalue weighted by Gasteiger charge is -2.15. The van der Waals surface area contributed by atoms with Crippen molar-refractivity contribution in [3.05, 3.63) is 79.8 Å². The summed E-state index contributed by atoms with van der Waals surface area (Å²) in [5.74, 6) is 0.995. The lowest BCUT2D eigenvalue weighted by atomic mass is 10.1. The molecule has 0 aliphatic heterocycles. The highest BCUT2D eigenvalue weighted by Gasteiger charge is 2.15.